The van der Waals surface area contributed by atoms with Crippen LogP contribution in [0.1, 0.15) is 29.3 Å². The van der Waals surface area contributed by atoms with Crippen LogP contribution in [0, 0.1) is 0 Å². The van der Waals surface area contributed by atoms with Crippen molar-refractivity contribution in [1.29, 1.82) is 0 Å². The van der Waals surface area contributed by atoms with Crippen LogP contribution < -0.4 is 16.0 Å². The van der Waals surface area contributed by atoms with Gasteiger partial charge in [0.05, 0.1) is 44.0 Å². The molecular formula is C33H35N3O6. The molecule has 4 aromatic rings. The first-order valence-electron chi connectivity index (χ1n) is 14.2. The molecule has 2 saturated heterocycles. The summed E-state index contributed by atoms with van der Waals surface area (Å²) < 4.78 is 19.2. The zero-order valence-corrected chi connectivity index (χ0v) is 23.5. The number of methoxy groups -OCH3 is 1. The molecule has 0 bridgehead atoms. The average molecular weight is 570 g/mol. The number of morpholine rings is 1. The van der Waals surface area contributed by atoms with Crippen LogP contribution in [0.4, 0.5) is 0 Å². The predicted octanol–water partition coefficient (Wildman–Crippen LogP) is 2.93. The number of aliphatic hydroxyl groups is 1. The number of nitrogens with one attached hydrogen (secondary N) is 1. The van der Waals surface area contributed by atoms with Gasteiger partial charge in [-0.05, 0) is 35.2 Å². The SMILES string of the molecule is COc1ccc(C(c2ccccc2)(c2ccccc2)C(O)[C@@H]2CC(N3CCOCC3)[C@H](n3ccc(=O)[nH]c3=O)O2)cc1. The zero-order chi connectivity index (χ0) is 29.1. The van der Waals surface area contributed by atoms with Gasteiger partial charge >= 0.3 is 5.69 Å². The summed E-state index contributed by atoms with van der Waals surface area (Å²) in [6, 6.07) is 28.8. The molecule has 4 atom stereocenters. The lowest BCUT2D eigenvalue weighted by Crippen LogP contribution is -2.49. The van der Waals surface area contributed by atoms with Gasteiger partial charge in [-0.25, -0.2) is 4.79 Å². The number of nitrogens with zero attached hydrogens (tertiary/aromatic N) is 2. The predicted molar refractivity (Wildman–Crippen MR) is 158 cm³/mol. The molecule has 42 heavy (non-hydrogen) atoms. The summed E-state index contributed by atoms with van der Waals surface area (Å²) in [6.07, 6.45) is -0.493. The number of aromatic nitrogens is 2. The number of H-pyrrole nitrogens is 1. The second-order valence-corrected chi connectivity index (χ2v) is 10.7. The fourth-order valence-electron chi connectivity index (χ4n) is 6.55. The minimum atomic E-state index is -1.05. The van der Waals surface area contributed by atoms with Gasteiger partial charge in [0.15, 0.2) is 6.23 Å². The third kappa shape index (κ3) is 5.09. The molecule has 0 aliphatic carbocycles. The number of hydrogen-bond acceptors (Lipinski definition) is 7. The first-order valence-corrected chi connectivity index (χ1v) is 14.2. The maximum Gasteiger partial charge on any atom is 0.330 e. The number of aliphatic hydroxyl groups excluding tert-OH is 1. The van der Waals surface area contributed by atoms with Gasteiger partial charge in [-0.2, -0.15) is 0 Å². The molecule has 1 aromatic heterocycles. The summed E-state index contributed by atoms with van der Waals surface area (Å²) in [5.41, 5.74) is 0.660. The Balaban J connectivity index is 1.50. The van der Waals surface area contributed by atoms with Crippen LogP contribution in [0.3, 0.4) is 0 Å². The summed E-state index contributed by atoms with van der Waals surface area (Å²) in [6.45, 7) is 2.49. The molecular weight excluding hydrogens is 534 g/mol. The second kappa shape index (κ2) is 12.1. The molecule has 218 valence electrons. The normalized spacial score (nSPS) is 22.1. The molecule has 3 heterocycles. The first kappa shape index (κ1) is 28.1. The Morgan fingerprint density at radius 1 is 0.881 bits per heavy atom. The Bertz CT molecular complexity index is 1540. The van der Waals surface area contributed by atoms with Crippen LogP contribution in [0.2, 0.25) is 0 Å². The van der Waals surface area contributed by atoms with Crippen molar-refractivity contribution in [1.82, 2.24) is 14.5 Å². The van der Waals surface area contributed by atoms with E-state index in [0.29, 0.717) is 38.5 Å². The van der Waals surface area contributed by atoms with Gasteiger partial charge in [0.2, 0.25) is 0 Å². The van der Waals surface area contributed by atoms with Gasteiger partial charge in [0.25, 0.3) is 5.56 Å². The van der Waals surface area contributed by atoms with Crippen molar-refractivity contribution in [3.63, 3.8) is 0 Å². The van der Waals surface area contributed by atoms with Crippen molar-refractivity contribution >= 4 is 0 Å². The first-order chi connectivity index (χ1) is 20.5. The lowest BCUT2D eigenvalue weighted by Gasteiger charge is -2.42. The van der Waals surface area contributed by atoms with E-state index in [4.69, 9.17) is 14.2 Å². The lowest BCUT2D eigenvalue weighted by atomic mass is 9.64. The highest BCUT2D eigenvalue weighted by Crippen LogP contribution is 2.47. The number of ether oxygens (including phenoxy) is 3. The number of hydrogen-bond donors (Lipinski definition) is 2. The van der Waals surface area contributed by atoms with E-state index in [1.807, 2.05) is 84.9 Å². The summed E-state index contributed by atoms with van der Waals surface area (Å²) in [5.74, 6) is 0.713. The Morgan fingerprint density at radius 3 is 2.05 bits per heavy atom. The molecule has 2 aliphatic heterocycles. The lowest BCUT2D eigenvalue weighted by molar-refractivity contribution is -0.0886. The van der Waals surface area contributed by atoms with Crippen LogP contribution in [-0.4, -0.2) is 71.2 Å². The summed E-state index contributed by atoms with van der Waals surface area (Å²) in [5, 5.41) is 12.7. The number of aromatic amines is 1. The Morgan fingerprint density at radius 2 is 1.48 bits per heavy atom. The Kier molecular flexibility index (Phi) is 8.08. The molecule has 6 rings (SSSR count). The maximum atomic E-state index is 13.0. The maximum absolute atomic E-state index is 13.0. The zero-order valence-electron chi connectivity index (χ0n) is 23.5. The largest absolute Gasteiger partial charge is 0.497 e. The highest BCUT2D eigenvalue weighted by molar-refractivity contribution is 5.53. The third-order valence-electron chi connectivity index (χ3n) is 8.56. The van der Waals surface area contributed by atoms with Crippen molar-refractivity contribution in [2.45, 2.75) is 36.3 Å². The highest BCUT2D eigenvalue weighted by Gasteiger charge is 2.52. The van der Waals surface area contributed by atoms with Crippen LogP contribution in [0.25, 0.3) is 0 Å². The second-order valence-electron chi connectivity index (χ2n) is 10.7. The minimum Gasteiger partial charge on any atom is -0.497 e. The summed E-state index contributed by atoms with van der Waals surface area (Å²) >= 11 is 0. The fourth-order valence-corrected chi connectivity index (χ4v) is 6.55. The molecule has 2 fully saturated rings. The van der Waals surface area contributed by atoms with E-state index in [1.165, 1.54) is 16.8 Å². The van der Waals surface area contributed by atoms with Crippen molar-refractivity contribution in [3.8, 4) is 5.75 Å². The Labute approximate surface area is 243 Å². The van der Waals surface area contributed by atoms with Crippen LogP contribution in [0.15, 0.2) is 107 Å². The molecule has 0 saturated carbocycles. The third-order valence-corrected chi connectivity index (χ3v) is 8.56. The van der Waals surface area contributed by atoms with E-state index < -0.39 is 35.1 Å². The van der Waals surface area contributed by atoms with Crippen molar-refractivity contribution in [2.24, 2.45) is 0 Å². The van der Waals surface area contributed by atoms with E-state index in [1.54, 1.807) is 7.11 Å². The molecule has 9 nitrogen and oxygen atoms in total. The van der Waals surface area contributed by atoms with E-state index in [0.717, 1.165) is 16.7 Å². The molecule has 2 aliphatic rings. The van der Waals surface area contributed by atoms with Gasteiger partial charge in [0, 0.05) is 25.4 Å². The van der Waals surface area contributed by atoms with Crippen molar-refractivity contribution in [2.75, 3.05) is 33.4 Å². The summed E-state index contributed by atoms with van der Waals surface area (Å²) in [7, 11) is 1.63. The Hall–Kier alpha value is -4.02. The monoisotopic (exact) mass is 569 g/mol. The van der Waals surface area contributed by atoms with Gasteiger partial charge in [-0.15, -0.1) is 0 Å². The van der Waals surface area contributed by atoms with E-state index in [9.17, 15) is 14.7 Å². The average Bonchev–Trinajstić information content (AvgIpc) is 3.48. The molecule has 2 N–H and O–H groups in total. The molecule has 0 spiro atoms. The summed E-state index contributed by atoms with van der Waals surface area (Å²) in [4.78, 5) is 29.4. The van der Waals surface area contributed by atoms with Crippen LogP contribution in [0.5, 0.6) is 5.75 Å². The van der Waals surface area contributed by atoms with E-state index in [2.05, 4.69) is 9.88 Å². The molecule has 9 heteroatoms. The molecule has 2 unspecified atom stereocenters. The molecule has 0 amide bonds. The van der Waals surface area contributed by atoms with Crippen molar-refractivity contribution < 1.29 is 19.3 Å². The smallest absolute Gasteiger partial charge is 0.330 e. The van der Waals surface area contributed by atoms with Crippen LogP contribution >= 0.6 is 0 Å². The van der Waals surface area contributed by atoms with Crippen LogP contribution in [-0.2, 0) is 14.9 Å². The topological polar surface area (TPSA) is 106 Å². The van der Waals surface area contributed by atoms with E-state index >= 15 is 0 Å². The van der Waals surface area contributed by atoms with Gasteiger partial charge < -0.3 is 19.3 Å². The quantitative estimate of drug-likeness (QED) is 0.315. The molecule has 0 radical (unpaired) electrons. The standard InChI is InChI=1S/C33H35N3O6/c1-40-26-14-12-25(13-15-26)33(23-8-4-2-5-9-23,24-10-6-3-7-11-24)30(38)28-22-27(35-18-20-41-21-19-35)31(42-28)36-17-16-29(37)34-32(36)39/h2-17,27-28,30-31,38H,18-22H2,1H3,(H,34,37,39)/t27?,28-,30?,31+/m0/s1. The number of benzene rings is 3. The van der Waals surface area contributed by atoms with Gasteiger partial charge in [0.1, 0.15) is 5.75 Å². The number of rotatable bonds is 8. The van der Waals surface area contributed by atoms with Crippen molar-refractivity contribution in [3.05, 3.63) is 135 Å². The van der Waals surface area contributed by atoms with Gasteiger partial charge in [-0.1, -0.05) is 72.8 Å². The highest BCUT2D eigenvalue weighted by atomic mass is 16.5. The van der Waals surface area contributed by atoms with E-state index in [-0.39, 0.29) is 6.04 Å². The van der Waals surface area contributed by atoms with Gasteiger partial charge in [-0.3, -0.25) is 19.2 Å². The fraction of sp³-hybridized carbons (Fsp3) is 0.333. The minimum absolute atomic E-state index is 0.225. The molecule has 3 aromatic carbocycles.